The Hall–Kier alpha value is -1.36. The lowest BCUT2D eigenvalue weighted by Crippen LogP contribution is -2.26. The average Bonchev–Trinajstić information content (AvgIpc) is 2.39. The van der Waals surface area contributed by atoms with Gasteiger partial charge in [0, 0.05) is 22.7 Å². The summed E-state index contributed by atoms with van der Waals surface area (Å²) in [5.74, 6) is 0. The molecule has 0 spiro atoms. The Bertz CT molecular complexity index is 640. The van der Waals surface area contributed by atoms with E-state index in [2.05, 4.69) is 5.10 Å². The molecule has 0 saturated heterocycles. The molecule has 0 aliphatic carbocycles. The number of rotatable bonds is 3. The topological polar surface area (TPSA) is 55.1 Å². The minimum absolute atomic E-state index is 0.290. The standard InChI is InChI=1S/C13H12Cl2N2O2/c1-2-17-13(19)8(7-18)5-12(16-17)10-4-3-9(14)6-11(10)15/h3-6,18H,2,7H2,1H3. The molecule has 0 atom stereocenters. The fraction of sp³-hybridized carbons (Fsp3) is 0.231. The van der Waals surface area contributed by atoms with E-state index in [0.717, 1.165) is 0 Å². The summed E-state index contributed by atoms with van der Waals surface area (Å²) < 4.78 is 1.30. The highest BCUT2D eigenvalue weighted by Crippen LogP contribution is 2.28. The normalized spacial score (nSPS) is 10.7. The fourth-order valence-electron chi connectivity index (χ4n) is 1.75. The summed E-state index contributed by atoms with van der Waals surface area (Å²) in [5, 5.41) is 14.4. The Morgan fingerprint density at radius 3 is 2.63 bits per heavy atom. The van der Waals surface area contributed by atoms with Gasteiger partial charge in [0.1, 0.15) is 0 Å². The minimum Gasteiger partial charge on any atom is -0.391 e. The van der Waals surface area contributed by atoms with Gasteiger partial charge in [-0.2, -0.15) is 5.10 Å². The number of hydrogen-bond acceptors (Lipinski definition) is 3. The summed E-state index contributed by atoms with van der Waals surface area (Å²) in [4.78, 5) is 11.8. The van der Waals surface area contributed by atoms with Gasteiger partial charge in [-0.1, -0.05) is 23.2 Å². The van der Waals surface area contributed by atoms with Crippen molar-refractivity contribution in [2.24, 2.45) is 0 Å². The zero-order chi connectivity index (χ0) is 14.0. The highest BCUT2D eigenvalue weighted by Gasteiger charge is 2.11. The Morgan fingerprint density at radius 1 is 1.32 bits per heavy atom. The van der Waals surface area contributed by atoms with E-state index in [0.29, 0.717) is 27.8 Å². The molecule has 2 aromatic rings. The smallest absolute Gasteiger partial charge is 0.272 e. The molecule has 1 N–H and O–H groups in total. The molecule has 0 radical (unpaired) electrons. The minimum atomic E-state index is -0.334. The van der Waals surface area contributed by atoms with Gasteiger partial charge in [0.05, 0.1) is 17.3 Å². The largest absolute Gasteiger partial charge is 0.391 e. The number of halogens is 2. The summed E-state index contributed by atoms with van der Waals surface area (Å²) in [6.45, 7) is 1.90. The first-order valence-electron chi connectivity index (χ1n) is 5.74. The van der Waals surface area contributed by atoms with Gasteiger partial charge in [-0.3, -0.25) is 4.79 Å². The maximum atomic E-state index is 11.8. The molecule has 0 amide bonds. The highest BCUT2D eigenvalue weighted by molar-refractivity contribution is 6.36. The molecule has 0 aliphatic rings. The van der Waals surface area contributed by atoms with Crippen molar-refractivity contribution in [1.29, 1.82) is 0 Å². The van der Waals surface area contributed by atoms with Crippen molar-refractivity contribution in [2.75, 3.05) is 0 Å². The molecule has 2 rings (SSSR count). The maximum absolute atomic E-state index is 11.8. The third kappa shape index (κ3) is 2.81. The van der Waals surface area contributed by atoms with Crippen LogP contribution in [0.1, 0.15) is 12.5 Å². The van der Waals surface area contributed by atoms with E-state index in [1.165, 1.54) is 4.68 Å². The molecule has 1 aromatic carbocycles. The van der Waals surface area contributed by atoms with Crippen molar-refractivity contribution in [3.8, 4) is 11.3 Å². The average molecular weight is 299 g/mol. The molecular weight excluding hydrogens is 287 g/mol. The van der Waals surface area contributed by atoms with Crippen LogP contribution < -0.4 is 5.56 Å². The number of aliphatic hydroxyl groups is 1. The lowest BCUT2D eigenvalue weighted by Gasteiger charge is -2.09. The van der Waals surface area contributed by atoms with E-state index < -0.39 is 0 Å². The van der Waals surface area contributed by atoms with Crippen molar-refractivity contribution in [1.82, 2.24) is 9.78 Å². The molecule has 4 nitrogen and oxygen atoms in total. The van der Waals surface area contributed by atoms with E-state index in [-0.39, 0.29) is 17.7 Å². The van der Waals surface area contributed by atoms with Crippen LogP contribution in [0.5, 0.6) is 0 Å². The van der Waals surface area contributed by atoms with Gasteiger partial charge in [-0.15, -0.1) is 0 Å². The van der Waals surface area contributed by atoms with Crippen LogP contribution in [0.3, 0.4) is 0 Å². The van der Waals surface area contributed by atoms with Crippen LogP contribution in [0.4, 0.5) is 0 Å². The summed E-state index contributed by atoms with van der Waals surface area (Å²) in [5.41, 5.74) is 1.20. The van der Waals surface area contributed by atoms with Crippen molar-refractivity contribution in [3.05, 3.63) is 50.2 Å². The van der Waals surface area contributed by atoms with Gasteiger partial charge < -0.3 is 5.11 Å². The van der Waals surface area contributed by atoms with Gasteiger partial charge in [0.25, 0.3) is 5.56 Å². The van der Waals surface area contributed by atoms with E-state index in [1.807, 2.05) is 6.92 Å². The van der Waals surface area contributed by atoms with Gasteiger partial charge in [0.2, 0.25) is 0 Å². The Balaban J connectivity index is 2.65. The summed E-state index contributed by atoms with van der Waals surface area (Å²) in [6.07, 6.45) is 0. The lowest BCUT2D eigenvalue weighted by molar-refractivity contribution is 0.278. The van der Waals surface area contributed by atoms with Crippen LogP contribution >= 0.6 is 23.2 Å². The van der Waals surface area contributed by atoms with Crippen LogP contribution in [-0.4, -0.2) is 14.9 Å². The van der Waals surface area contributed by atoms with E-state index in [1.54, 1.807) is 24.3 Å². The summed E-state index contributed by atoms with van der Waals surface area (Å²) in [7, 11) is 0. The molecule has 0 bridgehead atoms. The number of hydrogen-bond donors (Lipinski definition) is 1. The zero-order valence-corrected chi connectivity index (χ0v) is 11.7. The van der Waals surface area contributed by atoms with E-state index in [4.69, 9.17) is 23.2 Å². The van der Waals surface area contributed by atoms with E-state index in [9.17, 15) is 9.90 Å². The van der Waals surface area contributed by atoms with Crippen molar-refractivity contribution < 1.29 is 5.11 Å². The SMILES string of the molecule is CCn1nc(-c2ccc(Cl)cc2Cl)cc(CO)c1=O. The Kier molecular flexibility index (Phi) is 4.24. The third-order valence-electron chi connectivity index (χ3n) is 2.73. The molecule has 0 fully saturated rings. The summed E-state index contributed by atoms with van der Waals surface area (Å²) >= 11 is 12.0. The summed E-state index contributed by atoms with van der Waals surface area (Å²) in [6, 6.07) is 6.59. The third-order valence-corrected chi connectivity index (χ3v) is 3.27. The number of aryl methyl sites for hydroxylation is 1. The molecular formula is C13H12Cl2N2O2. The van der Waals surface area contributed by atoms with Crippen molar-refractivity contribution >= 4 is 23.2 Å². The number of nitrogens with zero attached hydrogens (tertiary/aromatic N) is 2. The number of aliphatic hydroxyl groups excluding tert-OH is 1. The lowest BCUT2D eigenvalue weighted by atomic mass is 10.1. The first kappa shape index (κ1) is 14.1. The predicted molar refractivity (Wildman–Crippen MR) is 75.5 cm³/mol. The van der Waals surface area contributed by atoms with Crippen molar-refractivity contribution in [2.45, 2.75) is 20.1 Å². The molecule has 1 heterocycles. The van der Waals surface area contributed by atoms with Crippen LogP contribution in [0.2, 0.25) is 10.0 Å². The molecule has 0 aliphatic heterocycles. The van der Waals surface area contributed by atoms with Gasteiger partial charge >= 0.3 is 0 Å². The van der Waals surface area contributed by atoms with Crippen LogP contribution in [0, 0.1) is 0 Å². The van der Waals surface area contributed by atoms with Gasteiger partial charge in [-0.25, -0.2) is 4.68 Å². The monoisotopic (exact) mass is 298 g/mol. The Labute approximate surface area is 120 Å². The first-order valence-corrected chi connectivity index (χ1v) is 6.49. The van der Waals surface area contributed by atoms with Crippen molar-refractivity contribution in [3.63, 3.8) is 0 Å². The first-order chi connectivity index (χ1) is 9.06. The second-order valence-corrected chi connectivity index (χ2v) is 4.80. The van der Waals surface area contributed by atoms with Gasteiger partial charge in [-0.05, 0) is 31.2 Å². The zero-order valence-electron chi connectivity index (χ0n) is 10.2. The van der Waals surface area contributed by atoms with Gasteiger partial charge in [0.15, 0.2) is 0 Å². The number of aromatic nitrogens is 2. The molecule has 19 heavy (non-hydrogen) atoms. The molecule has 100 valence electrons. The van der Waals surface area contributed by atoms with Crippen LogP contribution in [0.25, 0.3) is 11.3 Å². The Morgan fingerprint density at radius 2 is 2.05 bits per heavy atom. The number of benzene rings is 1. The second kappa shape index (κ2) is 5.74. The van der Waals surface area contributed by atoms with Crippen LogP contribution in [-0.2, 0) is 13.2 Å². The highest BCUT2D eigenvalue weighted by atomic mass is 35.5. The molecule has 6 heteroatoms. The molecule has 0 saturated carbocycles. The molecule has 1 aromatic heterocycles. The second-order valence-electron chi connectivity index (χ2n) is 3.96. The van der Waals surface area contributed by atoms with Crippen LogP contribution in [0.15, 0.2) is 29.1 Å². The van der Waals surface area contributed by atoms with E-state index >= 15 is 0 Å². The quantitative estimate of drug-likeness (QED) is 0.948. The maximum Gasteiger partial charge on any atom is 0.272 e. The fourth-order valence-corrected chi connectivity index (χ4v) is 2.26. The molecule has 0 unspecified atom stereocenters. The predicted octanol–water partition coefficient (Wildman–Crippen LogP) is 2.73.